The summed E-state index contributed by atoms with van der Waals surface area (Å²) < 4.78 is 1.77. The first kappa shape index (κ1) is 17.8. The molecule has 148 valence electrons. The summed E-state index contributed by atoms with van der Waals surface area (Å²) >= 11 is 0. The molecule has 30 heavy (non-hydrogen) atoms. The molecule has 9 nitrogen and oxygen atoms in total. The molecule has 0 radical (unpaired) electrons. The fraction of sp³-hybridized carbons (Fsp3) is 0.0952. The molecule has 4 aromatic heterocycles. The Morgan fingerprint density at radius 1 is 1.17 bits per heavy atom. The van der Waals surface area contributed by atoms with Gasteiger partial charge in [-0.1, -0.05) is 12.1 Å². The minimum Gasteiger partial charge on any atom is -0.383 e. The fourth-order valence-corrected chi connectivity index (χ4v) is 3.39. The van der Waals surface area contributed by atoms with Crippen molar-refractivity contribution in [2.24, 2.45) is 0 Å². The highest BCUT2D eigenvalue weighted by Gasteiger charge is 2.13. The van der Waals surface area contributed by atoms with Crippen LogP contribution in [0.25, 0.3) is 33.1 Å². The molecule has 0 atom stereocenters. The Bertz CT molecular complexity index is 1340. The van der Waals surface area contributed by atoms with E-state index in [0.717, 1.165) is 33.1 Å². The maximum atomic E-state index is 12.1. The molecule has 0 aliphatic heterocycles. The molecular weight excluding hydrogens is 380 g/mol. The normalized spacial score (nSPS) is 11.2. The van der Waals surface area contributed by atoms with Gasteiger partial charge in [-0.15, -0.1) is 0 Å². The van der Waals surface area contributed by atoms with E-state index in [9.17, 15) is 4.79 Å². The number of carbonyl (C=O) groups is 1. The number of fused-ring (bicyclic) bond motifs is 3. The van der Waals surface area contributed by atoms with Crippen LogP contribution in [0, 0.1) is 0 Å². The minimum absolute atomic E-state index is 0.218. The van der Waals surface area contributed by atoms with Crippen LogP contribution in [0.1, 0.15) is 10.5 Å². The Kier molecular flexibility index (Phi) is 4.32. The fourth-order valence-electron chi connectivity index (χ4n) is 3.39. The van der Waals surface area contributed by atoms with Crippen LogP contribution in [-0.4, -0.2) is 42.4 Å². The van der Waals surface area contributed by atoms with Crippen LogP contribution in [0.15, 0.2) is 61.1 Å². The lowest BCUT2D eigenvalue weighted by atomic mass is 10.1. The maximum Gasteiger partial charge on any atom is 0.269 e. The van der Waals surface area contributed by atoms with Gasteiger partial charge in [-0.25, -0.2) is 4.98 Å². The molecule has 1 aromatic carbocycles. The number of nitrogens with one attached hydrogen (secondary N) is 2. The average Bonchev–Trinajstić information content (AvgIpc) is 3.45. The summed E-state index contributed by atoms with van der Waals surface area (Å²) in [5, 5.41) is 16.2. The zero-order valence-electron chi connectivity index (χ0n) is 15.9. The van der Waals surface area contributed by atoms with E-state index >= 15 is 0 Å². The number of hydrogen-bond acceptors (Lipinski definition) is 6. The highest BCUT2D eigenvalue weighted by atomic mass is 16.1. The quantitative estimate of drug-likeness (QED) is 0.417. The molecule has 4 heterocycles. The third-order valence-corrected chi connectivity index (χ3v) is 4.85. The first-order valence-corrected chi connectivity index (χ1v) is 9.45. The van der Waals surface area contributed by atoms with Crippen LogP contribution >= 0.6 is 0 Å². The van der Waals surface area contributed by atoms with Crippen molar-refractivity contribution in [2.75, 3.05) is 12.3 Å². The van der Waals surface area contributed by atoms with Crippen LogP contribution < -0.4 is 11.1 Å². The highest BCUT2D eigenvalue weighted by molar-refractivity contribution is 6.08. The molecule has 5 rings (SSSR count). The molecule has 5 aromatic rings. The molecule has 0 saturated heterocycles. The largest absolute Gasteiger partial charge is 0.383 e. The van der Waals surface area contributed by atoms with Gasteiger partial charge in [0, 0.05) is 36.1 Å². The standard InChI is InChI=1S/C21H18N8O/c22-20-15-12-29(10-9-24-21(30)17-3-1-2-7-23-17)28-19(15)14-5-4-13(11-18(14)26-20)16-6-8-25-27-16/h1-8,11-12H,9-10H2,(H2,22,26)(H,24,30)(H,25,27). The number of pyridine rings is 2. The van der Waals surface area contributed by atoms with Crippen molar-refractivity contribution in [3.05, 3.63) is 66.7 Å². The van der Waals surface area contributed by atoms with Crippen molar-refractivity contribution in [1.29, 1.82) is 0 Å². The first-order valence-electron chi connectivity index (χ1n) is 9.45. The van der Waals surface area contributed by atoms with Crippen molar-refractivity contribution < 1.29 is 4.79 Å². The van der Waals surface area contributed by atoms with Gasteiger partial charge in [0.15, 0.2) is 0 Å². The smallest absolute Gasteiger partial charge is 0.269 e. The molecule has 0 saturated carbocycles. The van der Waals surface area contributed by atoms with Crippen LogP contribution in [0.2, 0.25) is 0 Å². The molecule has 9 heteroatoms. The second-order valence-electron chi connectivity index (χ2n) is 6.81. The van der Waals surface area contributed by atoms with Crippen LogP contribution in [0.4, 0.5) is 5.82 Å². The lowest BCUT2D eigenvalue weighted by molar-refractivity contribution is 0.0947. The van der Waals surface area contributed by atoms with E-state index in [1.54, 1.807) is 35.3 Å². The summed E-state index contributed by atoms with van der Waals surface area (Å²) in [7, 11) is 0. The number of nitrogens with zero attached hydrogens (tertiary/aromatic N) is 5. The molecule has 0 aliphatic carbocycles. The molecule has 0 fully saturated rings. The minimum atomic E-state index is -0.218. The summed E-state index contributed by atoms with van der Waals surface area (Å²) in [6.07, 6.45) is 5.22. The monoisotopic (exact) mass is 398 g/mol. The summed E-state index contributed by atoms with van der Waals surface area (Å²) in [4.78, 5) is 20.7. The third kappa shape index (κ3) is 3.22. The van der Waals surface area contributed by atoms with Gasteiger partial charge in [-0.2, -0.15) is 10.2 Å². The van der Waals surface area contributed by atoms with Gasteiger partial charge >= 0.3 is 0 Å². The van der Waals surface area contributed by atoms with E-state index in [1.807, 2.05) is 30.5 Å². The summed E-state index contributed by atoms with van der Waals surface area (Å²) in [5.74, 6) is 0.199. The van der Waals surface area contributed by atoms with Crippen molar-refractivity contribution in [2.45, 2.75) is 6.54 Å². The summed E-state index contributed by atoms with van der Waals surface area (Å²) in [6.45, 7) is 0.914. The summed E-state index contributed by atoms with van der Waals surface area (Å²) in [5.41, 5.74) is 9.91. The molecule has 4 N–H and O–H groups in total. The van der Waals surface area contributed by atoms with Crippen molar-refractivity contribution in [3.8, 4) is 11.3 Å². The number of H-pyrrole nitrogens is 1. The van der Waals surface area contributed by atoms with Crippen molar-refractivity contribution in [3.63, 3.8) is 0 Å². The zero-order chi connectivity index (χ0) is 20.5. The molecule has 0 unspecified atom stereocenters. The maximum absolute atomic E-state index is 12.1. The number of anilines is 1. The predicted octanol–water partition coefficient (Wildman–Crippen LogP) is 2.38. The van der Waals surface area contributed by atoms with Gasteiger partial charge in [0.1, 0.15) is 17.0 Å². The topological polar surface area (TPSA) is 127 Å². The van der Waals surface area contributed by atoms with Crippen molar-refractivity contribution >= 4 is 33.5 Å². The number of rotatable bonds is 5. The molecule has 0 aliphatic rings. The van der Waals surface area contributed by atoms with E-state index in [4.69, 9.17) is 5.73 Å². The number of nitrogen functional groups attached to an aromatic ring is 1. The third-order valence-electron chi connectivity index (χ3n) is 4.85. The predicted molar refractivity (Wildman–Crippen MR) is 114 cm³/mol. The Balaban J connectivity index is 1.40. The van der Waals surface area contributed by atoms with E-state index in [-0.39, 0.29) is 5.91 Å². The van der Waals surface area contributed by atoms with Gasteiger partial charge in [0.05, 0.1) is 23.1 Å². The zero-order valence-corrected chi connectivity index (χ0v) is 15.9. The van der Waals surface area contributed by atoms with E-state index < -0.39 is 0 Å². The Morgan fingerprint density at radius 2 is 2.10 bits per heavy atom. The number of amides is 1. The lowest BCUT2D eigenvalue weighted by Crippen LogP contribution is -2.28. The number of aromatic amines is 1. The Hall–Kier alpha value is -4.27. The van der Waals surface area contributed by atoms with E-state index in [2.05, 4.69) is 30.6 Å². The summed E-state index contributed by atoms with van der Waals surface area (Å²) in [6, 6.07) is 13.0. The van der Waals surface area contributed by atoms with Gasteiger partial charge in [-0.3, -0.25) is 19.6 Å². The number of hydrogen-bond donors (Lipinski definition) is 3. The molecule has 1 amide bonds. The van der Waals surface area contributed by atoms with Gasteiger partial charge in [-0.05, 0) is 30.3 Å². The second kappa shape index (κ2) is 7.28. The van der Waals surface area contributed by atoms with Gasteiger partial charge in [0.2, 0.25) is 0 Å². The number of benzene rings is 1. The van der Waals surface area contributed by atoms with E-state index in [0.29, 0.717) is 24.6 Å². The highest BCUT2D eigenvalue weighted by Crippen LogP contribution is 2.29. The Labute approximate surface area is 170 Å². The van der Waals surface area contributed by atoms with Gasteiger partial charge in [0.25, 0.3) is 5.91 Å². The Morgan fingerprint density at radius 3 is 2.90 bits per heavy atom. The number of carbonyl (C=O) groups excluding carboxylic acids is 1. The van der Waals surface area contributed by atoms with Crippen LogP contribution in [0.3, 0.4) is 0 Å². The SMILES string of the molecule is Nc1nc2cc(-c3cc[nH]n3)ccc2c2nn(CCNC(=O)c3ccccn3)cc12. The van der Waals surface area contributed by atoms with Crippen LogP contribution in [0.5, 0.6) is 0 Å². The number of nitrogens with two attached hydrogens (primary N) is 1. The molecular formula is C21H18N8O. The van der Waals surface area contributed by atoms with Gasteiger partial charge < -0.3 is 11.1 Å². The first-order chi connectivity index (χ1) is 14.7. The van der Waals surface area contributed by atoms with Crippen LogP contribution in [-0.2, 0) is 6.54 Å². The molecule has 0 spiro atoms. The second-order valence-corrected chi connectivity index (χ2v) is 6.81. The molecule has 0 bridgehead atoms. The van der Waals surface area contributed by atoms with Crippen molar-refractivity contribution in [1.82, 2.24) is 35.3 Å². The average molecular weight is 398 g/mol. The lowest BCUT2D eigenvalue weighted by Gasteiger charge is -2.04. The van der Waals surface area contributed by atoms with E-state index in [1.165, 1.54) is 0 Å². The number of aromatic nitrogens is 6.